The fraction of sp³-hybridized carbons (Fsp3) is 0.267. The number of rotatable bonds is 11. The molecule has 0 radical (unpaired) electrons. The number of amides is 1. The first-order valence-electron chi connectivity index (χ1n) is 12.5. The van der Waals surface area contributed by atoms with Crippen molar-refractivity contribution in [2.45, 2.75) is 38.4 Å². The van der Waals surface area contributed by atoms with Crippen LogP contribution in [0.4, 0.5) is 0 Å². The van der Waals surface area contributed by atoms with Gasteiger partial charge in [0.15, 0.2) is 0 Å². The molecule has 1 unspecified atom stereocenters. The van der Waals surface area contributed by atoms with Gasteiger partial charge in [-0.3, -0.25) is 4.79 Å². The van der Waals surface area contributed by atoms with E-state index < -0.39 is 0 Å². The third kappa shape index (κ3) is 6.27. The average Bonchev–Trinajstić information content (AvgIpc) is 3.33. The Kier molecular flexibility index (Phi) is 8.66. The highest BCUT2D eigenvalue weighted by atomic mass is 16.2. The summed E-state index contributed by atoms with van der Waals surface area (Å²) in [4.78, 5) is 20.8. The summed E-state index contributed by atoms with van der Waals surface area (Å²) in [5.41, 5.74) is 16.0. The lowest BCUT2D eigenvalue weighted by Crippen LogP contribution is -2.40. The van der Waals surface area contributed by atoms with Crippen molar-refractivity contribution in [3.05, 3.63) is 114 Å². The second-order valence-corrected chi connectivity index (χ2v) is 9.20. The molecule has 4 aromatic rings. The largest absolute Gasteiger partial charge is 0.330 e. The summed E-state index contributed by atoms with van der Waals surface area (Å²) in [7, 11) is 0. The first kappa shape index (κ1) is 25.4. The summed E-state index contributed by atoms with van der Waals surface area (Å²) in [6.45, 7) is 3.65. The van der Waals surface area contributed by atoms with Crippen molar-refractivity contribution in [3.8, 4) is 11.3 Å². The van der Waals surface area contributed by atoms with Gasteiger partial charge in [0.25, 0.3) is 5.91 Å². The van der Waals surface area contributed by atoms with Gasteiger partial charge >= 0.3 is 0 Å². The lowest BCUT2D eigenvalue weighted by Gasteiger charge is -2.33. The summed E-state index contributed by atoms with van der Waals surface area (Å²) >= 11 is 0. The van der Waals surface area contributed by atoms with Crippen molar-refractivity contribution in [3.63, 3.8) is 0 Å². The molecule has 0 saturated carbocycles. The molecule has 0 spiro atoms. The summed E-state index contributed by atoms with van der Waals surface area (Å²) in [5, 5.41) is 0. The third-order valence-electron chi connectivity index (χ3n) is 6.23. The highest BCUT2D eigenvalue weighted by Crippen LogP contribution is 2.30. The van der Waals surface area contributed by atoms with Gasteiger partial charge in [-0.25, -0.2) is 4.98 Å². The highest BCUT2D eigenvalue weighted by Gasteiger charge is 2.31. The SMILES string of the molecule is CC(N)C[C@H](c1nc(-c2ccccc2)cn1Cc1ccccc1)N(CCCN)C(=O)c1ccccc1. The van der Waals surface area contributed by atoms with Gasteiger partial charge in [-0.2, -0.15) is 0 Å². The lowest BCUT2D eigenvalue weighted by atomic mass is 10.0. The van der Waals surface area contributed by atoms with E-state index >= 15 is 0 Å². The van der Waals surface area contributed by atoms with Crippen LogP contribution in [0.25, 0.3) is 11.3 Å². The van der Waals surface area contributed by atoms with Crippen LogP contribution >= 0.6 is 0 Å². The molecule has 6 nitrogen and oxygen atoms in total. The van der Waals surface area contributed by atoms with Crippen molar-refractivity contribution in [1.29, 1.82) is 0 Å². The molecule has 3 aromatic carbocycles. The molecule has 6 heteroatoms. The number of benzene rings is 3. The van der Waals surface area contributed by atoms with Crippen molar-refractivity contribution in [2.75, 3.05) is 13.1 Å². The summed E-state index contributed by atoms with van der Waals surface area (Å²) in [6, 6.07) is 29.4. The fourth-order valence-corrected chi connectivity index (χ4v) is 4.48. The number of aromatic nitrogens is 2. The molecular weight excluding hydrogens is 446 g/mol. The van der Waals surface area contributed by atoms with Gasteiger partial charge in [0.1, 0.15) is 5.82 Å². The third-order valence-corrected chi connectivity index (χ3v) is 6.23. The number of hydrogen-bond donors (Lipinski definition) is 2. The quantitative estimate of drug-likeness (QED) is 0.320. The Labute approximate surface area is 213 Å². The van der Waals surface area contributed by atoms with Gasteiger partial charge in [-0.15, -0.1) is 0 Å². The first-order valence-corrected chi connectivity index (χ1v) is 12.5. The minimum atomic E-state index is -0.301. The van der Waals surface area contributed by atoms with Gasteiger partial charge in [0.05, 0.1) is 11.7 Å². The smallest absolute Gasteiger partial charge is 0.254 e. The van der Waals surface area contributed by atoms with Gasteiger partial charge in [0.2, 0.25) is 0 Å². The van der Waals surface area contributed by atoms with Gasteiger partial charge in [-0.05, 0) is 44.0 Å². The fourth-order valence-electron chi connectivity index (χ4n) is 4.48. The molecule has 1 amide bonds. The van der Waals surface area contributed by atoms with E-state index in [1.165, 1.54) is 5.56 Å². The summed E-state index contributed by atoms with van der Waals surface area (Å²) < 4.78 is 2.17. The van der Waals surface area contributed by atoms with Crippen molar-refractivity contribution >= 4 is 5.91 Å². The molecule has 1 heterocycles. The Morgan fingerprint density at radius 3 is 2.17 bits per heavy atom. The predicted molar refractivity (Wildman–Crippen MR) is 145 cm³/mol. The Bertz CT molecular complexity index is 1220. The molecule has 4 rings (SSSR count). The van der Waals surface area contributed by atoms with Crippen LogP contribution in [0.3, 0.4) is 0 Å². The Morgan fingerprint density at radius 1 is 0.944 bits per heavy atom. The van der Waals surface area contributed by atoms with E-state index in [4.69, 9.17) is 16.5 Å². The Morgan fingerprint density at radius 2 is 1.56 bits per heavy atom. The molecule has 0 aliphatic carbocycles. The van der Waals surface area contributed by atoms with Crippen LogP contribution in [0.1, 0.15) is 47.6 Å². The monoisotopic (exact) mass is 481 g/mol. The van der Waals surface area contributed by atoms with E-state index in [1.54, 1.807) is 0 Å². The maximum absolute atomic E-state index is 13.8. The molecule has 0 saturated heterocycles. The van der Waals surface area contributed by atoms with Crippen LogP contribution in [0, 0.1) is 0 Å². The molecule has 1 aromatic heterocycles. The molecule has 0 bridgehead atoms. The maximum Gasteiger partial charge on any atom is 0.254 e. The maximum atomic E-state index is 13.8. The number of carbonyl (C=O) groups excluding carboxylic acids is 1. The van der Waals surface area contributed by atoms with E-state index in [9.17, 15) is 4.79 Å². The number of carbonyl (C=O) groups is 1. The van der Waals surface area contributed by atoms with Crippen LogP contribution in [0.15, 0.2) is 97.2 Å². The number of hydrogen-bond acceptors (Lipinski definition) is 4. The van der Waals surface area contributed by atoms with Crippen LogP contribution < -0.4 is 11.5 Å². The molecule has 36 heavy (non-hydrogen) atoms. The van der Waals surface area contributed by atoms with E-state index in [1.807, 2.05) is 78.6 Å². The van der Waals surface area contributed by atoms with Gasteiger partial charge in [0, 0.05) is 36.5 Å². The van der Waals surface area contributed by atoms with E-state index in [2.05, 4.69) is 35.0 Å². The molecule has 0 aliphatic heterocycles. The zero-order valence-electron chi connectivity index (χ0n) is 20.8. The van der Waals surface area contributed by atoms with Crippen LogP contribution in [-0.2, 0) is 6.54 Å². The minimum Gasteiger partial charge on any atom is -0.330 e. The second-order valence-electron chi connectivity index (χ2n) is 9.20. The Hall–Kier alpha value is -3.74. The zero-order chi connectivity index (χ0) is 25.3. The number of nitrogens with zero attached hydrogens (tertiary/aromatic N) is 3. The number of imidazole rings is 1. The number of nitrogens with two attached hydrogens (primary N) is 2. The van der Waals surface area contributed by atoms with Crippen molar-refractivity contribution in [1.82, 2.24) is 14.5 Å². The predicted octanol–water partition coefficient (Wildman–Crippen LogP) is 4.87. The topological polar surface area (TPSA) is 90.2 Å². The normalized spacial score (nSPS) is 12.8. The Balaban J connectivity index is 1.82. The molecule has 2 atom stereocenters. The lowest BCUT2D eigenvalue weighted by molar-refractivity contribution is 0.0646. The first-order chi connectivity index (χ1) is 17.6. The molecular formula is C30H35N5O. The molecule has 0 aliphatic rings. The van der Waals surface area contributed by atoms with Crippen LogP contribution in [-0.4, -0.2) is 39.5 Å². The second kappa shape index (κ2) is 12.3. The van der Waals surface area contributed by atoms with Gasteiger partial charge in [-0.1, -0.05) is 78.9 Å². The van der Waals surface area contributed by atoms with E-state index in [0.717, 1.165) is 17.1 Å². The van der Waals surface area contributed by atoms with Gasteiger partial charge < -0.3 is 20.9 Å². The summed E-state index contributed by atoms with van der Waals surface area (Å²) in [5.74, 6) is 0.793. The molecule has 4 N–H and O–H groups in total. The van der Waals surface area contributed by atoms with E-state index in [-0.39, 0.29) is 18.0 Å². The van der Waals surface area contributed by atoms with Crippen molar-refractivity contribution < 1.29 is 4.79 Å². The minimum absolute atomic E-state index is 0.0368. The average molecular weight is 482 g/mol. The van der Waals surface area contributed by atoms with Crippen LogP contribution in [0.5, 0.6) is 0 Å². The summed E-state index contributed by atoms with van der Waals surface area (Å²) in [6.07, 6.45) is 3.36. The molecule has 0 fully saturated rings. The standard InChI is InChI=1S/C30H35N5O/c1-23(32)20-28(35(19-11-18-31)30(36)26-16-9-4-10-17-26)29-33-27(25-14-7-3-8-15-25)22-34(29)21-24-12-5-2-6-13-24/h2-10,12-17,22-23,28H,11,18-21,31-32H2,1H3/t23?,28-/m1/s1. The molecule has 186 valence electrons. The van der Waals surface area contributed by atoms with E-state index in [0.29, 0.717) is 38.0 Å². The van der Waals surface area contributed by atoms with Crippen molar-refractivity contribution in [2.24, 2.45) is 11.5 Å². The van der Waals surface area contributed by atoms with Crippen LogP contribution in [0.2, 0.25) is 0 Å². The zero-order valence-corrected chi connectivity index (χ0v) is 20.8. The highest BCUT2D eigenvalue weighted by molar-refractivity contribution is 5.94.